The Morgan fingerprint density at radius 1 is 1.13 bits per heavy atom. The smallest absolute Gasteiger partial charge is 0.332 e. The molecule has 0 aliphatic carbocycles. The molecule has 2 heterocycles. The topological polar surface area (TPSA) is 91.3 Å². The summed E-state index contributed by atoms with van der Waals surface area (Å²) >= 11 is 0. The maximum Gasteiger partial charge on any atom is 0.332 e. The van der Waals surface area contributed by atoms with Gasteiger partial charge in [0.25, 0.3) is 5.56 Å². The quantitative estimate of drug-likeness (QED) is 0.742. The van der Waals surface area contributed by atoms with Crippen LogP contribution in [-0.2, 0) is 18.9 Å². The number of amides is 1. The lowest BCUT2D eigenvalue weighted by molar-refractivity contribution is -0.129. The molecule has 0 radical (unpaired) electrons. The van der Waals surface area contributed by atoms with Crippen LogP contribution in [0.15, 0.2) is 9.59 Å². The molecule has 1 fully saturated rings. The van der Waals surface area contributed by atoms with Crippen LogP contribution in [-0.4, -0.2) is 46.1 Å². The zero-order valence-corrected chi connectivity index (χ0v) is 13.7. The summed E-state index contributed by atoms with van der Waals surface area (Å²) in [6, 6.07) is 1.88. The lowest BCUT2D eigenvalue weighted by atomic mass is 10.2. The second-order valence-electron chi connectivity index (χ2n) is 5.67. The van der Waals surface area contributed by atoms with E-state index in [1.54, 1.807) is 9.80 Å². The van der Waals surface area contributed by atoms with Gasteiger partial charge >= 0.3 is 5.69 Å². The van der Waals surface area contributed by atoms with E-state index < -0.39 is 11.2 Å². The van der Waals surface area contributed by atoms with Gasteiger partial charge in [0.2, 0.25) is 5.91 Å². The second kappa shape index (κ2) is 6.69. The zero-order valence-electron chi connectivity index (χ0n) is 13.7. The number of aromatic nitrogens is 2. The molecule has 0 N–H and O–H groups in total. The number of hydrogen-bond acceptors (Lipinski definition) is 5. The highest BCUT2D eigenvalue weighted by molar-refractivity contribution is 5.82. The van der Waals surface area contributed by atoms with Crippen molar-refractivity contribution < 1.29 is 4.79 Å². The molecule has 0 atom stereocenters. The zero-order chi connectivity index (χ0) is 17.1. The van der Waals surface area contributed by atoms with Crippen molar-refractivity contribution in [3.63, 3.8) is 0 Å². The molecule has 0 spiro atoms. The Labute approximate surface area is 134 Å². The predicted octanol–water partition coefficient (Wildman–Crippen LogP) is -0.596. The molecule has 0 aromatic carbocycles. The number of carbonyl (C=O) groups is 1. The maximum absolute atomic E-state index is 12.4. The molecule has 0 bridgehead atoms. The Hall–Kier alpha value is -2.56. The average Bonchev–Trinajstić information content (AvgIpc) is 2.71. The number of nitrogens with zero attached hydrogens (tertiary/aromatic N) is 5. The number of rotatable bonds is 3. The minimum atomic E-state index is -0.632. The molecule has 1 aliphatic rings. The maximum atomic E-state index is 12.4. The second-order valence-corrected chi connectivity index (χ2v) is 5.67. The highest BCUT2D eigenvalue weighted by Gasteiger charge is 2.26. The SMILES string of the molecule is CCCN1CCCN(c2c(C#N)c(=O)n(C)c(=O)n2C)CC1=O. The van der Waals surface area contributed by atoms with Crippen molar-refractivity contribution in [2.24, 2.45) is 14.1 Å². The van der Waals surface area contributed by atoms with Crippen LogP contribution in [0.25, 0.3) is 0 Å². The fourth-order valence-electron chi connectivity index (χ4n) is 2.91. The van der Waals surface area contributed by atoms with Crippen LogP contribution in [0.5, 0.6) is 0 Å². The van der Waals surface area contributed by atoms with Gasteiger partial charge in [-0.3, -0.25) is 18.7 Å². The highest BCUT2D eigenvalue weighted by Crippen LogP contribution is 2.17. The third-order valence-electron chi connectivity index (χ3n) is 4.07. The Morgan fingerprint density at radius 2 is 1.83 bits per heavy atom. The minimum Gasteiger partial charge on any atom is -0.347 e. The summed E-state index contributed by atoms with van der Waals surface area (Å²) in [6.07, 6.45) is 1.60. The average molecular weight is 319 g/mol. The summed E-state index contributed by atoms with van der Waals surface area (Å²) in [4.78, 5) is 40.1. The van der Waals surface area contributed by atoms with Gasteiger partial charge in [-0.15, -0.1) is 0 Å². The summed E-state index contributed by atoms with van der Waals surface area (Å²) in [5.41, 5.74) is -1.25. The first-order chi connectivity index (χ1) is 10.9. The summed E-state index contributed by atoms with van der Waals surface area (Å²) in [7, 11) is 2.85. The number of anilines is 1. The summed E-state index contributed by atoms with van der Waals surface area (Å²) in [5.74, 6) is 0.175. The van der Waals surface area contributed by atoms with Crippen LogP contribution < -0.4 is 16.1 Å². The van der Waals surface area contributed by atoms with Crippen molar-refractivity contribution in [3.8, 4) is 6.07 Å². The molecule has 1 aromatic heterocycles. The van der Waals surface area contributed by atoms with E-state index in [0.717, 1.165) is 17.4 Å². The van der Waals surface area contributed by atoms with E-state index >= 15 is 0 Å². The Morgan fingerprint density at radius 3 is 2.43 bits per heavy atom. The normalized spacial score (nSPS) is 15.5. The van der Waals surface area contributed by atoms with Crippen LogP contribution >= 0.6 is 0 Å². The minimum absolute atomic E-state index is 0.0543. The molecule has 2 rings (SSSR count). The van der Waals surface area contributed by atoms with Gasteiger partial charge in [0.15, 0.2) is 5.56 Å². The molecular formula is C15H21N5O3. The van der Waals surface area contributed by atoms with Gasteiger partial charge in [-0.05, 0) is 12.8 Å². The van der Waals surface area contributed by atoms with Gasteiger partial charge in [-0.25, -0.2) is 4.79 Å². The van der Waals surface area contributed by atoms with Crippen molar-refractivity contribution in [1.29, 1.82) is 5.26 Å². The van der Waals surface area contributed by atoms with Crippen molar-refractivity contribution in [2.75, 3.05) is 31.1 Å². The summed E-state index contributed by atoms with van der Waals surface area (Å²) in [5, 5.41) is 9.34. The standard InChI is InChI=1S/C15H21N5O3/c1-4-6-19-7-5-8-20(10-12(19)21)13-11(9-16)14(22)18(3)15(23)17(13)2/h4-8,10H2,1-3H3. The molecular weight excluding hydrogens is 298 g/mol. The van der Waals surface area contributed by atoms with E-state index in [0.29, 0.717) is 19.6 Å². The van der Waals surface area contributed by atoms with E-state index in [1.165, 1.54) is 18.7 Å². The van der Waals surface area contributed by atoms with Gasteiger partial charge in [0.05, 0.1) is 6.54 Å². The fourth-order valence-corrected chi connectivity index (χ4v) is 2.91. The Kier molecular flexibility index (Phi) is 4.89. The third kappa shape index (κ3) is 2.99. The van der Waals surface area contributed by atoms with Crippen LogP contribution in [0.3, 0.4) is 0 Å². The summed E-state index contributed by atoms with van der Waals surface area (Å²) in [6.45, 7) is 3.92. The molecule has 23 heavy (non-hydrogen) atoms. The van der Waals surface area contributed by atoms with Crippen LogP contribution in [0.1, 0.15) is 25.3 Å². The van der Waals surface area contributed by atoms with Crippen molar-refractivity contribution in [2.45, 2.75) is 19.8 Å². The van der Waals surface area contributed by atoms with E-state index in [2.05, 4.69) is 0 Å². The van der Waals surface area contributed by atoms with Crippen molar-refractivity contribution in [3.05, 3.63) is 26.4 Å². The molecule has 1 saturated heterocycles. The van der Waals surface area contributed by atoms with E-state index in [9.17, 15) is 19.6 Å². The number of nitriles is 1. The Balaban J connectivity index is 2.51. The van der Waals surface area contributed by atoms with Crippen LogP contribution in [0.2, 0.25) is 0 Å². The Bertz CT molecular complexity index is 771. The molecule has 8 heteroatoms. The predicted molar refractivity (Wildman–Crippen MR) is 85.3 cm³/mol. The lowest BCUT2D eigenvalue weighted by Crippen LogP contribution is -2.44. The highest BCUT2D eigenvalue weighted by atomic mass is 16.2. The van der Waals surface area contributed by atoms with E-state index in [1.807, 2.05) is 13.0 Å². The summed E-state index contributed by atoms with van der Waals surface area (Å²) < 4.78 is 2.17. The van der Waals surface area contributed by atoms with E-state index in [4.69, 9.17) is 0 Å². The molecule has 1 amide bonds. The fraction of sp³-hybridized carbons (Fsp3) is 0.600. The molecule has 0 saturated carbocycles. The van der Waals surface area contributed by atoms with Gasteiger partial charge in [0, 0.05) is 33.7 Å². The van der Waals surface area contributed by atoms with Crippen molar-refractivity contribution in [1.82, 2.24) is 14.0 Å². The largest absolute Gasteiger partial charge is 0.347 e. The van der Waals surface area contributed by atoms with Crippen LogP contribution in [0.4, 0.5) is 5.82 Å². The van der Waals surface area contributed by atoms with Gasteiger partial charge in [-0.2, -0.15) is 5.26 Å². The number of carbonyl (C=O) groups excluding carboxylic acids is 1. The molecule has 8 nitrogen and oxygen atoms in total. The molecule has 1 aromatic rings. The molecule has 0 unspecified atom stereocenters. The first-order valence-corrected chi connectivity index (χ1v) is 7.65. The first-order valence-electron chi connectivity index (χ1n) is 7.65. The molecule has 1 aliphatic heterocycles. The lowest BCUT2D eigenvalue weighted by Gasteiger charge is -2.25. The van der Waals surface area contributed by atoms with Crippen molar-refractivity contribution >= 4 is 11.7 Å². The van der Waals surface area contributed by atoms with Crippen LogP contribution in [0, 0.1) is 11.3 Å². The third-order valence-corrected chi connectivity index (χ3v) is 4.07. The van der Waals surface area contributed by atoms with Gasteiger partial charge in [-0.1, -0.05) is 6.92 Å². The van der Waals surface area contributed by atoms with E-state index in [-0.39, 0.29) is 23.8 Å². The van der Waals surface area contributed by atoms with Gasteiger partial charge < -0.3 is 9.80 Å². The van der Waals surface area contributed by atoms with Gasteiger partial charge in [0.1, 0.15) is 11.9 Å². The molecule has 124 valence electrons. The monoisotopic (exact) mass is 319 g/mol. The number of hydrogen-bond donors (Lipinski definition) is 0. The first kappa shape index (κ1) is 16.8.